The van der Waals surface area contributed by atoms with E-state index in [2.05, 4.69) is 5.10 Å². The Kier molecular flexibility index (Phi) is 4.59. The molecule has 1 fully saturated rings. The van der Waals surface area contributed by atoms with Crippen molar-refractivity contribution in [3.8, 4) is 5.69 Å². The van der Waals surface area contributed by atoms with E-state index in [9.17, 15) is 18.0 Å². The number of benzene rings is 1. The van der Waals surface area contributed by atoms with Gasteiger partial charge in [0.15, 0.2) is 5.69 Å². The highest BCUT2D eigenvalue weighted by molar-refractivity contribution is 5.88. The fraction of sp³-hybridized carbons (Fsp3) is 0.412. The van der Waals surface area contributed by atoms with E-state index in [1.165, 1.54) is 29.1 Å². The van der Waals surface area contributed by atoms with E-state index in [4.69, 9.17) is 4.74 Å². The SMILES string of the molecule is O=C(OC1CCCCC1)c1ccnn1-c1cccc(C(F)(F)F)c1. The number of hydrogen-bond donors (Lipinski definition) is 0. The summed E-state index contributed by atoms with van der Waals surface area (Å²) in [5.41, 5.74) is -0.493. The number of halogens is 3. The number of ether oxygens (including phenoxy) is 1. The summed E-state index contributed by atoms with van der Waals surface area (Å²) in [6.45, 7) is 0. The van der Waals surface area contributed by atoms with Gasteiger partial charge in [-0.1, -0.05) is 12.5 Å². The second-order valence-corrected chi connectivity index (χ2v) is 5.84. The van der Waals surface area contributed by atoms with Gasteiger partial charge in [-0.3, -0.25) is 0 Å². The average molecular weight is 338 g/mol. The van der Waals surface area contributed by atoms with Crippen molar-refractivity contribution in [2.45, 2.75) is 44.4 Å². The van der Waals surface area contributed by atoms with E-state index in [1.54, 1.807) is 0 Å². The van der Waals surface area contributed by atoms with Crippen molar-refractivity contribution in [3.05, 3.63) is 47.8 Å². The van der Waals surface area contributed by atoms with Crippen molar-refractivity contribution in [2.24, 2.45) is 0 Å². The molecule has 0 spiro atoms. The summed E-state index contributed by atoms with van der Waals surface area (Å²) in [5, 5.41) is 3.97. The van der Waals surface area contributed by atoms with Crippen LogP contribution in [0.25, 0.3) is 5.69 Å². The lowest BCUT2D eigenvalue weighted by atomic mass is 9.98. The highest BCUT2D eigenvalue weighted by Crippen LogP contribution is 2.30. The van der Waals surface area contributed by atoms with Crippen molar-refractivity contribution < 1.29 is 22.7 Å². The molecule has 0 bridgehead atoms. The van der Waals surface area contributed by atoms with Gasteiger partial charge in [0, 0.05) is 0 Å². The predicted octanol–water partition coefficient (Wildman–Crippen LogP) is 4.38. The standard InChI is InChI=1S/C17H17F3N2O2/c18-17(19,20)12-5-4-6-13(11-12)22-15(9-10-21-22)16(23)24-14-7-2-1-3-8-14/h4-6,9-11,14H,1-3,7-8H2. The molecule has 0 unspecified atom stereocenters. The monoisotopic (exact) mass is 338 g/mol. The molecule has 0 saturated heterocycles. The summed E-state index contributed by atoms with van der Waals surface area (Å²) in [7, 11) is 0. The normalized spacial score (nSPS) is 16.1. The molecular weight excluding hydrogens is 321 g/mol. The Labute approximate surface area is 137 Å². The second kappa shape index (κ2) is 6.67. The molecule has 7 heteroatoms. The summed E-state index contributed by atoms with van der Waals surface area (Å²) in [5.74, 6) is -0.559. The summed E-state index contributed by atoms with van der Waals surface area (Å²) in [6.07, 6.45) is 1.61. The van der Waals surface area contributed by atoms with Gasteiger partial charge in [0.05, 0.1) is 17.4 Å². The number of aromatic nitrogens is 2. The molecular formula is C17H17F3N2O2. The van der Waals surface area contributed by atoms with Gasteiger partial charge in [-0.25, -0.2) is 9.48 Å². The summed E-state index contributed by atoms with van der Waals surface area (Å²) in [4.78, 5) is 12.3. The highest BCUT2D eigenvalue weighted by atomic mass is 19.4. The largest absolute Gasteiger partial charge is 0.458 e. The molecule has 0 aliphatic heterocycles. The smallest absolute Gasteiger partial charge is 0.416 e. The molecule has 2 aromatic rings. The molecule has 128 valence electrons. The van der Waals surface area contributed by atoms with Crippen LogP contribution in [-0.2, 0) is 10.9 Å². The van der Waals surface area contributed by atoms with Crippen LogP contribution in [0.4, 0.5) is 13.2 Å². The molecule has 4 nitrogen and oxygen atoms in total. The first-order valence-electron chi connectivity index (χ1n) is 7.88. The van der Waals surface area contributed by atoms with Crippen molar-refractivity contribution in [2.75, 3.05) is 0 Å². The Hall–Kier alpha value is -2.31. The minimum absolute atomic E-state index is 0.125. The molecule has 1 aliphatic rings. The van der Waals surface area contributed by atoms with Crippen LogP contribution >= 0.6 is 0 Å². The van der Waals surface area contributed by atoms with Gasteiger partial charge in [-0.05, 0) is 49.9 Å². The molecule has 1 aromatic heterocycles. The summed E-state index contributed by atoms with van der Waals surface area (Å²) < 4.78 is 45.2. The Balaban J connectivity index is 1.83. The van der Waals surface area contributed by atoms with Gasteiger partial charge in [0.2, 0.25) is 0 Å². The second-order valence-electron chi connectivity index (χ2n) is 5.84. The predicted molar refractivity (Wildman–Crippen MR) is 80.9 cm³/mol. The molecule has 1 aromatic carbocycles. The van der Waals surface area contributed by atoms with Crippen LogP contribution in [-0.4, -0.2) is 21.9 Å². The Bertz CT molecular complexity index is 719. The first-order chi connectivity index (χ1) is 11.4. The lowest BCUT2D eigenvalue weighted by molar-refractivity contribution is -0.137. The van der Waals surface area contributed by atoms with Crippen LogP contribution in [0.1, 0.15) is 48.2 Å². The molecule has 0 N–H and O–H groups in total. The number of carbonyl (C=O) groups excluding carboxylic acids is 1. The van der Waals surface area contributed by atoms with E-state index in [1.807, 2.05) is 0 Å². The minimum Gasteiger partial charge on any atom is -0.458 e. The quantitative estimate of drug-likeness (QED) is 0.780. The van der Waals surface area contributed by atoms with Crippen LogP contribution in [0.5, 0.6) is 0 Å². The first kappa shape index (κ1) is 16.5. The van der Waals surface area contributed by atoms with Gasteiger partial charge in [-0.15, -0.1) is 0 Å². The van der Waals surface area contributed by atoms with E-state index in [0.29, 0.717) is 0 Å². The van der Waals surface area contributed by atoms with Gasteiger partial charge in [0.1, 0.15) is 6.10 Å². The zero-order valence-corrected chi connectivity index (χ0v) is 12.9. The summed E-state index contributed by atoms with van der Waals surface area (Å²) >= 11 is 0. The molecule has 1 saturated carbocycles. The minimum atomic E-state index is -4.45. The van der Waals surface area contributed by atoms with E-state index in [0.717, 1.165) is 44.2 Å². The van der Waals surface area contributed by atoms with Crippen molar-refractivity contribution >= 4 is 5.97 Å². The van der Waals surface area contributed by atoms with Crippen molar-refractivity contribution in [1.29, 1.82) is 0 Å². The van der Waals surface area contributed by atoms with Gasteiger partial charge >= 0.3 is 12.1 Å². The maximum atomic E-state index is 12.9. The van der Waals surface area contributed by atoms with E-state index < -0.39 is 17.7 Å². The van der Waals surface area contributed by atoms with Crippen LogP contribution in [0.15, 0.2) is 36.5 Å². The number of esters is 1. The Morgan fingerprint density at radius 1 is 1.17 bits per heavy atom. The lowest BCUT2D eigenvalue weighted by Crippen LogP contribution is -2.22. The number of nitrogens with zero attached hydrogens (tertiary/aromatic N) is 2. The zero-order chi connectivity index (χ0) is 17.2. The number of rotatable bonds is 3. The molecule has 0 atom stereocenters. The molecule has 1 aliphatic carbocycles. The van der Waals surface area contributed by atoms with E-state index >= 15 is 0 Å². The Morgan fingerprint density at radius 3 is 2.62 bits per heavy atom. The Morgan fingerprint density at radius 2 is 1.92 bits per heavy atom. The van der Waals surface area contributed by atoms with E-state index in [-0.39, 0.29) is 17.5 Å². The van der Waals surface area contributed by atoms with Crippen LogP contribution < -0.4 is 0 Å². The fourth-order valence-electron chi connectivity index (χ4n) is 2.87. The van der Waals surface area contributed by atoms with Crippen LogP contribution in [0, 0.1) is 0 Å². The molecule has 0 radical (unpaired) electrons. The maximum Gasteiger partial charge on any atom is 0.416 e. The number of hydrogen-bond acceptors (Lipinski definition) is 3. The molecule has 24 heavy (non-hydrogen) atoms. The third-order valence-electron chi connectivity index (χ3n) is 4.10. The number of carbonyl (C=O) groups is 1. The fourth-order valence-corrected chi connectivity index (χ4v) is 2.87. The lowest BCUT2D eigenvalue weighted by Gasteiger charge is -2.21. The third kappa shape index (κ3) is 3.60. The van der Waals surface area contributed by atoms with Gasteiger partial charge in [-0.2, -0.15) is 18.3 Å². The summed E-state index contributed by atoms with van der Waals surface area (Å²) in [6, 6.07) is 6.15. The van der Waals surface area contributed by atoms with Crippen LogP contribution in [0.2, 0.25) is 0 Å². The molecule has 3 rings (SSSR count). The van der Waals surface area contributed by atoms with Crippen molar-refractivity contribution in [3.63, 3.8) is 0 Å². The zero-order valence-electron chi connectivity index (χ0n) is 12.9. The maximum absolute atomic E-state index is 12.9. The van der Waals surface area contributed by atoms with Gasteiger partial charge < -0.3 is 4.74 Å². The molecule has 0 amide bonds. The average Bonchev–Trinajstić information content (AvgIpc) is 3.05. The highest BCUT2D eigenvalue weighted by Gasteiger charge is 2.31. The first-order valence-corrected chi connectivity index (χ1v) is 7.88. The van der Waals surface area contributed by atoms with Crippen LogP contribution in [0.3, 0.4) is 0 Å². The number of alkyl halides is 3. The van der Waals surface area contributed by atoms with Gasteiger partial charge in [0.25, 0.3) is 0 Å². The third-order valence-corrected chi connectivity index (χ3v) is 4.10. The topological polar surface area (TPSA) is 44.1 Å². The molecule has 1 heterocycles. The van der Waals surface area contributed by atoms with Crippen molar-refractivity contribution in [1.82, 2.24) is 9.78 Å².